The predicted molar refractivity (Wildman–Crippen MR) is 112 cm³/mol. The first-order valence-electron chi connectivity index (χ1n) is 10.3. The van der Waals surface area contributed by atoms with Gasteiger partial charge in [0.25, 0.3) is 0 Å². The third-order valence-corrected chi connectivity index (χ3v) is 5.79. The molecular weight excluding hydrogens is 348 g/mol. The summed E-state index contributed by atoms with van der Waals surface area (Å²) in [6, 6.07) is 18.0. The highest BCUT2D eigenvalue weighted by atomic mass is 16.2. The van der Waals surface area contributed by atoms with E-state index in [4.69, 9.17) is 4.98 Å². The summed E-state index contributed by atoms with van der Waals surface area (Å²) in [7, 11) is 0. The van der Waals surface area contributed by atoms with E-state index >= 15 is 0 Å². The van der Waals surface area contributed by atoms with E-state index < -0.39 is 0 Å². The van der Waals surface area contributed by atoms with E-state index in [9.17, 15) is 4.79 Å². The molecule has 1 saturated heterocycles. The number of amides is 1. The molecule has 146 valence electrons. The Bertz CT molecular complexity index is 899. The maximum absolute atomic E-state index is 13.7. The third-order valence-electron chi connectivity index (χ3n) is 5.79. The minimum absolute atomic E-state index is 0.0154. The van der Waals surface area contributed by atoms with E-state index in [0.29, 0.717) is 0 Å². The molecule has 5 heteroatoms. The smallest absolute Gasteiger partial charge is 0.245 e. The number of rotatable bonds is 6. The van der Waals surface area contributed by atoms with Gasteiger partial charge in [-0.15, -0.1) is 0 Å². The largest absolute Gasteiger partial charge is 0.340 e. The Morgan fingerprint density at radius 2 is 1.86 bits per heavy atom. The number of nitrogens with zero attached hydrogens (tertiary/aromatic N) is 3. The first kappa shape index (κ1) is 18.7. The van der Waals surface area contributed by atoms with Crippen molar-refractivity contribution in [1.29, 1.82) is 0 Å². The number of carbonyl (C=O) groups is 1. The molecule has 1 amide bonds. The van der Waals surface area contributed by atoms with E-state index in [-0.39, 0.29) is 18.0 Å². The Kier molecular flexibility index (Phi) is 5.44. The maximum atomic E-state index is 13.7. The zero-order valence-corrected chi connectivity index (χ0v) is 16.6. The lowest BCUT2D eigenvalue weighted by Crippen LogP contribution is -2.43. The van der Waals surface area contributed by atoms with Crippen LogP contribution in [0.3, 0.4) is 0 Å². The molecule has 5 nitrogen and oxygen atoms in total. The van der Waals surface area contributed by atoms with E-state index in [1.165, 1.54) is 0 Å². The van der Waals surface area contributed by atoms with Crippen LogP contribution in [0.5, 0.6) is 0 Å². The lowest BCUT2D eigenvalue weighted by atomic mass is 10.0. The summed E-state index contributed by atoms with van der Waals surface area (Å²) in [4.78, 5) is 26.2. The predicted octanol–water partition coefficient (Wildman–Crippen LogP) is 4.31. The van der Waals surface area contributed by atoms with Crippen molar-refractivity contribution in [3.63, 3.8) is 0 Å². The summed E-state index contributed by atoms with van der Waals surface area (Å²) in [5.41, 5.74) is 3.05. The zero-order chi connectivity index (χ0) is 19.5. The average molecular weight is 377 g/mol. The van der Waals surface area contributed by atoms with Crippen molar-refractivity contribution < 1.29 is 4.79 Å². The van der Waals surface area contributed by atoms with Crippen molar-refractivity contribution in [3.8, 4) is 0 Å². The molecule has 0 aliphatic carbocycles. The van der Waals surface area contributed by atoms with Gasteiger partial charge in [0.2, 0.25) is 5.91 Å². The normalized spacial score (nSPS) is 18.1. The lowest BCUT2D eigenvalue weighted by molar-refractivity contribution is -0.138. The first-order chi connectivity index (χ1) is 13.7. The van der Waals surface area contributed by atoms with Crippen LogP contribution < -0.4 is 0 Å². The fraction of sp³-hybridized carbons (Fsp3) is 0.391. The number of hydrogen-bond acceptors (Lipinski definition) is 3. The van der Waals surface area contributed by atoms with Crippen LogP contribution in [-0.2, 0) is 4.79 Å². The monoisotopic (exact) mass is 376 g/mol. The second kappa shape index (κ2) is 8.15. The standard InChI is InChI=1S/C23H28N4O/c1-3-26(4-2)21(17-11-6-5-7-12-17)23(28)27-16-10-15-20(27)22-24-18-13-8-9-14-19(18)25-22/h5-9,11-14,20-21H,3-4,10,15-16H2,1-2H3,(H,24,25)/t20-,21+/m0/s1. The quantitative estimate of drug-likeness (QED) is 0.697. The van der Waals surface area contributed by atoms with Crippen molar-refractivity contribution in [2.45, 2.75) is 38.8 Å². The minimum Gasteiger partial charge on any atom is -0.340 e. The minimum atomic E-state index is -0.249. The highest BCUT2D eigenvalue weighted by Gasteiger charge is 2.37. The number of imidazole rings is 1. The highest BCUT2D eigenvalue weighted by molar-refractivity contribution is 5.84. The maximum Gasteiger partial charge on any atom is 0.245 e. The molecule has 1 N–H and O–H groups in total. The molecule has 0 bridgehead atoms. The Hall–Kier alpha value is -2.66. The molecule has 0 saturated carbocycles. The second-order valence-electron chi connectivity index (χ2n) is 7.36. The molecule has 0 spiro atoms. The zero-order valence-electron chi connectivity index (χ0n) is 16.6. The van der Waals surface area contributed by atoms with Crippen LogP contribution in [0.1, 0.15) is 50.2 Å². The van der Waals surface area contributed by atoms with Gasteiger partial charge in [-0.3, -0.25) is 9.69 Å². The van der Waals surface area contributed by atoms with Crippen molar-refractivity contribution in [3.05, 3.63) is 66.0 Å². The number of benzene rings is 2. The summed E-state index contributed by atoms with van der Waals surface area (Å²) in [5.74, 6) is 1.08. The van der Waals surface area contributed by atoms with Crippen LogP contribution in [0.2, 0.25) is 0 Å². The van der Waals surface area contributed by atoms with E-state index in [2.05, 4.69) is 35.9 Å². The Labute approximate surface area is 166 Å². The van der Waals surface area contributed by atoms with Gasteiger partial charge in [-0.1, -0.05) is 56.3 Å². The summed E-state index contributed by atoms with van der Waals surface area (Å²) >= 11 is 0. The molecule has 2 heterocycles. The van der Waals surface area contributed by atoms with Crippen LogP contribution >= 0.6 is 0 Å². The fourth-order valence-electron chi connectivity index (χ4n) is 4.34. The molecule has 1 aliphatic heterocycles. The number of H-pyrrole nitrogens is 1. The van der Waals surface area contributed by atoms with E-state index in [1.54, 1.807) is 0 Å². The summed E-state index contributed by atoms with van der Waals surface area (Å²) in [6.07, 6.45) is 1.96. The van der Waals surface area contributed by atoms with E-state index in [1.807, 2.05) is 47.4 Å². The van der Waals surface area contributed by atoms with Gasteiger partial charge < -0.3 is 9.88 Å². The second-order valence-corrected chi connectivity index (χ2v) is 7.36. The number of hydrogen-bond donors (Lipinski definition) is 1. The van der Waals surface area contributed by atoms with Gasteiger partial charge in [0.1, 0.15) is 11.9 Å². The van der Waals surface area contributed by atoms with Gasteiger partial charge in [0.15, 0.2) is 0 Å². The number of para-hydroxylation sites is 2. The van der Waals surface area contributed by atoms with Crippen LogP contribution in [0, 0.1) is 0 Å². The SMILES string of the molecule is CCN(CC)[C@@H](C(=O)N1CCC[C@H]1c1nc2ccccc2[nH]1)c1ccccc1. The number of aromatic nitrogens is 2. The van der Waals surface area contributed by atoms with Crippen LogP contribution in [0.25, 0.3) is 11.0 Å². The Morgan fingerprint density at radius 3 is 2.57 bits per heavy atom. The molecule has 2 aromatic carbocycles. The van der Waals surface area contributed by atoms with Crippen molar-refractivity contribution in [2.75, 3.05) is 19.6 Å². The first-order valence-corrected chi connectivity index (χ1v) is 10.3. The number of carbonyl (C=O) groups excluding carboxylic acids is 1. The number of likely N-dealkylation sites (N-methyl/N-ethyl adjacent to an activating group) is 1. The topological polar surface area (TPSA) is 52.2 Å². The van der Waals surface area contributed by atoms with E-state index in [0.717, 1.165) is 54.9 Å². The summed E-state index contributed by atoms with van der Waals surface area (Å²) < 4.78 is 0. The number of aromatic amines is 1. The molecular formula is C23H28N4O. The van der Waals surface area contributed by atoms with Gasteiger partial charge in [-0.2, -0.15) is 0 Å². The lowest BCUT2D eigenvalue weighted by Gasteiger charge is -2.34. The number of nitrogens with one attached hydrogen (secondary N) is 1. The fourth-order valence-corrected chi connectivity index (χ4v) is 4.34. The molecule has 28 heavy (non-hydrogen) atoms. The molecule has 1 aliphatic rings. The molecule has 2 atom stereocenters. The number of likely N-dealkylation sites (tertiary alicyclic amines) is 1. The number of fused-ring (bicyclic) bond motifs is 1. The van der Waals surface area contributed by atoms with Crippen LogP contribution in [0.15, 0.2) is 54.6 Å². The highest BCUT2D eigenvalue weighted by Crippen LogP contribution is 2.35. The van der Waals surface area contributed by atoms with Crippen molar-refractivity contribution in [2.24, 2.45) is 0 Å². The van der Waals surface area contributed by atoms with Gasteiger partial charge in [-0.25, -0.2) is 4.98 Å². The van der Waals surface area contributed by atoms with Gasteiger partial charge >= 0.3 is 0 Å². The van der Waals surface area contributed by atoms with Gasteiger partial charge in [0.05, 0.1) is 17.1 Å². The van der Waals surface area contributed by atoms with Crippen molar-refractivity contribution in [1.82, 2.24) is 19.8 Å². The molecule has 4 rings (SSSR count). The molecule has 3 aromatic rings. The Balaban J connectivity index is 1.67. The Morgan fingerprint density at radius 1 is 1.14 bits per heavy atom. The summed E-state index contributed by atoms with van der Waals surface area (Å²) in [5, 5.41) is 0. The summed E-state index contributed by atoms with van der Waals surface area (Å²) in [6.45, 7) is 6.70. The molecule has 0 radical (unpaired) electrons. The molecule has 0 unspecified atom stereocenters. The molecule has 1 aromatic heterocycles. The average Bonchev–Trinajstić information content (AvgIpc) is 3.38. The third kappa shape index (κ3) is 3.42. The van der Waals surface area contributed by atoms with Crippen molar-refractivity contribution >= 4 is 16.9 Å². The molecule has 1 fully saturated rings. The van der Waals surface area contributed by atoms with Crippen LogP contribution in [0.4, 0.5) is 0 Å². The van der Waals surface area contributed by atoms with Crippen LogP contribution in [-0.4, -0.2) is 45.3 Å². The van der Waals surface area contributed by atoms with Gasteiger partial charge in [-0.05, 0) is 43.6 Å². The van der Waals surface area contributed by atoms with Gasteiger partial charge in [0, 0.05) is 6.54 Å².